The van der Waals surface area contributed by atoms with Gasteiger partial charge < -0.3 is 15.5 Å². The molecule has 4 rings (SSSR count). The van der Waals surface area contributed by atoms with E-state index in [0.717, 1.165) is 25.9 Å². The molecule has 0 aliphatic heterocycles. The summed E-state index contributed by atoms with van der Waals surface area (Å²) in [5.41, 5.74) is 0.890. The van der Waals surface area contributed by atoms with Crippen molar-refractivity contribution in [1.29, 1.82) is 0 Å². The lowest BCUT2D eigenvalue weighted by molar-refractivity contribution is -0.137. The minimum absolute atomic E-state index is 0.0244. The van der Waals surface area contributed by atoms with Crippen LogP contribution < -0.4 is 5.32 Å². The van der Waals surface area contributed by atoms with Gasteiger partial charge in [-0.25, -0.2) is 9.97 Å². The van der Waals surface area contributed by atoms with E-state index in [4.69, 9.17) is 16.7 Å². The molecule has 0 bridgehead atoms. The Kier molecular flexibility index (Phi) is 5.02. The first kappa shape index (κ1) is 18.5. The van der Waals surface area contributed by atoms with Gasteiger partial charge >= 0.3 is 5.97 Å². The average Bonchev–Trinajstić information content (AvgIpc) is 3.05. The summed E-state index contributed by atoms with van der Waals surface area (Å²) in [5, 5.41) is 24.1. The lowest BCUT2D eigenvalue weighted by Crippen LogP contribution is -2.07. The highest BCUT2D eigenvalue weighted by molar-refractivity contribution is 7.25. The van der Waals surface area contributed by atoms with Crippen molar-refractivity contribution in [1.82, 2.24) is 9.97 Å². The average molecular weight is 414 g/mol. The highest BCUT2D eigenvalue weighted by Gasteiger charge is 2.15. The molecule has 0 amide bonds. The molecule has 0 saturated heterocycles. The Balaban J connectivity index is 1.74. The number of fused-ring (bicyclic) bond motifs is 3. The number of halogens is 1. The molecule has 0 aliphatic carbocycles. The van der Waals surface area contributed by atoms with Gasteiger partial charge in [-0.3, -0.25) is 4.79 Å². The molecule has 0 fully saturated rings. The lowest BCUT2D eigenvalue weighted by Gasteiger charge is -2.10. The maximum Gasteiger partial charge on any atom is 0.303 e. The van der Waals surface area contributed by atoms with E-state index >= 15 is 0 Å². The maximum atomic E-state index is 10.9. The molecule has 0 saturated carbocycles. The van der Waals surface area contributed by atoms with E-state index in [1.807, 2.05) is 24.3 Å². The van der Waals surface area contributed by atoms with Crippen LogP contribution in [0.2, 0.25) is 5.02 Å². The molecular weight excluding hydrogens is 398 g/mol. The second-order valence-electron chi connectivity index (χ2n) is 6.30. The highest BCUT2D eigenvalue weighted by atomic mass is 35.5. The summed E-state index contributed by atoms with van der Waals surface area (Å²) in [6.45, 7) is 0.453. The minimum Gasteiger partial charge on any atom is -0.506 e. The summed E-state index contributed by atoms with van der Waals surface area (Å²) in [7, 11) is 0. The Morgan fingerprint density at radius 1 is 1.18 bits per heavy atom. The van der Waals surface area contributed by atoms with E-state index in [1.165, 1.54) is 0 Å². The van der Waals surface area contributed by atoms with Crippen LogP contribution in [0.3, 0.4) is 0 Å². The van der Waals surface area contributed by atoms with Gasteiger partial charge in [0.15, 0.2) is 0 Å². The number of aromatic hydroxyl groups is 1. The van der Waals surface area contributed by atoms with Gasteiger partial charge in [0.2, 0.25) is 0 Å². The smallest absolute Gasteiger partial charge is 0.303 e. The number of anilines is 1. The SMILES string of the molecule is O=C(O)CCc1nc(NCc2ccc(O)c(Cl)c2)c2c(n1)sc1ccccc12. The molecule has 8 heteroatoms. The zero-order valence-corrected chi connectivity index (χ0v) is 16.2. The lowest BCUT2D eigenvalue weighted by atomic mass is 10.2. The van der Waals surface area contributed by atoms with Crippen molar-refractivity contribution < 1.29 is 15.0 Å². The zero-order valence-electron chi connectivity index (χ0n) is 14.6. The van der Waals surface area contributed by atoms with Crippen molar-refractivity contribution >= 4 is 55.0 Å². The number of thiophene rings is 1. The Hall–Kier alpha value is -2.90. The van der Waals surface area contributed by atoms with Gasteiger partial charge in [0.25, 0.3) is 0 Å². The summed E-state index contributed by atoms with van der Waals surface area (Å²) in [4.78, 5) is 20.9. The van der Waals surface area contributed by atoms with Crippen LogP contribution in [0.5, 0.6) is 5.75 Å². The second-order valence-corrected chi connectivity index (χ2v) is 7.74. The summed E-state index contributed by atoms with van der Waals surface area (Å²) in [5.74, 6) is 0.308. The Bertz CT molecular complexity index is 1190. The first-order chi connectivity index (χ1) is 13.5. The molecule has 0 atom stereocenters. The van der Waals surface area contributed by atoms with Crippen molar-refractivity contribution in [3.8, 4) is 5.75 Å². The van der Waals surface area contributed by atoms with Crippen LogP contribution in [0.4, 0.5) is 5.82 Å². The molecule has 0 spiro atoms. The predicted octanol–water partition coefficient (Wildman–Crippen LogP) is 4.83. The highest BCUT2D eigenvalue weighted by Crippen LogP contribution is 2.36. The predicted molar refractivity (Wildman–Crippen MR) is 111 cm³/mol. The third-order valence-corrected chi connectivity index (χ3v) is 5.69. The summed E-state index contributed by atoms with van der Waals surface area (Å²) in [6, 6.07) is 13.0. The van der Waals surface area contributed by atoms with Crippen molar-refractivity contribution in [2.45, 2.75) is 19.4 Å². The van der Waals surface area contributed by atoms with E-state index in [9.17, 15) is 9.90 Å². The van der Waals surface area contributed by atoms with Crippen LogP contribution in [0.1, 0.15) is 17.8 Å². The molecule has 2 aromatic heterocycles. The standard InChI is InChI=1S/C20H16ClN3O3S/c21-13-9-11(5-6-14(13)25)10-22-19-18-12-3-1-2-4-15(12)28-20(18)24-16(23-19)7-8-17(26)27/h1-6,9,25H,7-8,10H2,(H,26,27)(H,22,23,24). The van der Waals surface area contributed by atoms with Crippen LogP contribution >= 0.6 is 22.9 Å². The Morgan fingerprint density at radius 3 is 2.79 bits per heavy atom. The molecule has 142 valence electrons. The van der Waals surface area contributed by atoms with Crippen molar-refractivity contribution in [3.63, 3.8) is 0 Å². The molecule has 3 N–H and O–H groups in total. The molecule has 2 heterocycles. The molecule has 0 aliphatic rings. The fourth-order valence-electron chi connectivity index (χ4n) is 2.97. The molecule has 28 heavy (non-hydrogen) atoms. The van der Waals surface area contributed by atoms with Crippen LogP contribution in [-0.2, 0) is 17.8 Å². The molecule has 2 aromatic carbocycles. The number of carboxylic acid groups (broad SMARTS) is 1. The van der Waals surface area contributed by atoms with Gasteiger partial charge in [-0.1, -0.05) is 35.9 Å². The van der Waals surface area contributed by atoms with Gasteiger partial charge in [0.05, 0.1) is 16.8 Å². The number of nitrogens with one attached hydrogen (secondary N) is 1. The number of phenolic OH excluding ortho intramolecular Hbond substituents is 1. The van der Waals surface area contributed by atoms with Crippen molar-refractivity contribution in [3.05, 3.63) is 58.9 Å². The first-order valence-electron chi connectivity index (χ1n) is 8.62. The number of benzene rings is 2. The summed E-state index contributed by atoms with van der Waals surface area (Å²) in [6.07, 6.45) is 0.239. The van der Waals surface area contributed by atoms with Crippen molar-refractivity contribution in [2.24, 2.45) is 0 Å². The van der Waals surface area contributed by atoms with Crippen molar-refractivity contribution in [2.75, 3.05) is 5.32 Å². The van der Waals surface area contributed by atoms with Crippen LogP contribution in [-0.4, -0.2) is 26.2 Å². The summed E-state index contributed by atoms with van der Waals surface area (Å²) >= 11 is 7.55. The third-order valence-electron chi connectivity index (χ3n) is 4.32. The fourth-order valence-corrected chi connectivity index (χ4v) is 4.27. The minimum atomic E-state index is -0.881. The topological polar surface area (TPSA) is 95.3 Å². The quantitative estimate of drug-likeness (QED) is 0.419. The first-order valence-corrected chi connectivity index (χ1v) is 9.82. The van der Waals surface area contributed by atoms with E-state index in [2.05, 4.69) is 15.3 Å². The number of nitrogens with zero attached hydrogens (tertiary/aromatic N) is 2. The molecule has 6 nitrogen and oxygen atoms in total. The molecule has 0 unspecified atom stereocenters. The van der Waals surface area contributed by atoms with E-state index in [1.54, 1.807) is 29.5 Å². The second kappa shape index (κ2) is 7.61. The number of carboxylic acids is 1. The maximum absolute atomic E-state index is 10.9. The van der Waals surface area contributed by atoms with Gasteiger partial charge in [0, 0.05) is 23.1 Å². The van der Waals surface area contributed by atoms with E-state index in [-0.39, 0.29) is 23.6 Å². The van der Waals surface area contributed by atoms with Gasteiger partial charge in [-0.15, -0.1) is 11.3 Å². The normalized spacial score (nSPS) is 11.2. The van der Waals surface area contributed by atoms with Gasteiger partial charge in [-0.05, 0) is 23.8 Å². The molecule has 4 aromatic rings. The monoisotopic (exact) mass is 413 g/mol. The fraction of sp³-hybridized carbons (Fsp3) is 0.150. The number of rotatable bonds is 6. The number of phenols is 1. The number of aryl methyl sites for hydroxylation is 1. The number of hydrogen-bond acceptors (Lipinski definition) is 6. The molecular formula is C20H16ClN3O3S. The van der Waals surface area contributed by atoms with E-state index in [0.29, 0.717) is 18.2 Å². The largest absolute Gasteiger partial charge is 0.506 e. The van der Waals surface area contributed by atoms with Gasteiger partial charge in [0.1, 0.15) is 22.2 Å². The number of carbonyl (C=O) groups is 1. The van der Waals surface area contributed by atoms with E-state index < -0.39 is 5.97 Å². The Labute approximate surface area is 169 Å². The number of aromatic nitrogens is 2. The summed E-state index contributed by atoms with van der Waals surface area (Å²) < 4.78 is 1.10. The number of aliphatic carboxylic acids is 1. The van der Waals surface area contributed by atoms with Crippen LogP contribution in [0, 0.1) is 0 Å². The van der Waals surface area contributed by atoms with Crippen LogP contribution in [0.15, 0.2) is 42.5 Å². The zero-order chi connectivity index (χ0) is 19.7. The number of hydrogen-bond donors (Lipinski definition) is 3. The third kappa shape index (κ3) is 3.72. The van der Waals surface area contributed by atoms with Crippen LogP contribution in [0.25, 0.3) is 20.3 Å². The molecule has 0 radical (unpaired) electrons. The van der Waals surface area contributed by atoms with Gasteiger partial charge in [-0.2, -0.15) is 0 Å². The Morgan fingerprint density at radius 2 is 2.00 bits per heavy atom.